The summed E-state index contributed by atoms with van der Waals surface area (Å²) in [5.41, 5.74) is -1.03. The number of rotatable bonds is 4. The van der Waals surface area contributed by atoms with E-state index in [2.05, 4.69) is 0 Å². The first kappa shape index (κ1) is 12.9. The fourth-order valence-corrected chi connectivity index (χ4v) is 2.24. The number of hydrogen-bond donors (Lipinski definition) is 1. The van der Waals surface area contributed by atoms with E-state index in [-0.39, 0.29) is 11.9 Å². The monoisotopic (exact) mass is 216 g/mol. The van der Waals surface area contributed by atoms with Crippen LogP contribution in [0.1, 0.15) is 53.4 Å². The molecule has 1 rings (SSSR count). The van der Waals surface area contributed by atoms with Gasteiger partial charge in [-0.05, 0) is 47.0 Å². The van der Waals surface area contributed by atoms with Crippen molar-refractivity contribution in [2.24, 2.45) is 0 Å². The first-order valence-electron chi connectivity index (χ1n) is 5.80. The van der Waals surface area contributed by atoms with Crippen LogP contribution >= 0.6 is 0 Å². The van der Waals surface area contributed by atoms with Gasteiger partial charge in [0.1, 0.15) is 0 Å². The Bertz CT molecular complexity index is 188. The highest BCUT2D eigenvalue weighted by Crippen LogP contribution is 2.27. The summed E-state index contributed by atoms with van der Waals surface area (Å²) in [5.74, 6) is 0. The van der Waals surface area contributed by atoms with E-state index >= 15 is 0 Å². The SMILES string of the molecule is CC(C)(O)CC(C)(C)OC1CCCCO1. The maximum Gasteiger partial charge on any atom is 0.158 e. The summed E-state index contributed by atoms with van der Waals surface area (Å²) >= 11 is 0. The van der Waals surface area contributed by atoms with Gasteiger partial charge < -0.3 is 14.6 Å². The Morgan fingerprint density at radius 2 is 1.93 bits per heavy atom. The number of ether oxygens (including phenoxy) is 2. The standard InChI is InChI=1S/C12H24O3/c1-11(2,13)9-12(3,4)15-10-7-5-6-8-14-10/h10,13H,5-9H2,1-4H3. The van der Waals surface area contributed by atoms with Crippen molar-refractivity contribution in [3.05, 3.63) is 0 Å². The molecule has 1 aliphatic heterocycles. The van der Waals surface area contributed by atoms with E-state index in [0.717, 1.165) is 19.4 Å². The van der Waals surface area contributed by atoms with Gasteiger partial charge in [-0.1, -0.05) is 0 Å². The highest BCUT2D eigenvalue weighted by atomic mass is 16.7. The molecule has 0 aromatic heterocycles. The molecule has 90 valence electrons. The molecule has 1 unspecified atom stereocenters. The number of aliphatic hydroxyl groups is 1. The minimum absolute atomic E-state index is 0.0869. The average Bonchev–Trinajstić information content (AvgIpc) is 1.99. The number of hydrogen-bond acceptors (Lipinski definition) is 3. The lowest BCUT2D eigenvalue weighted by atomic mass is 9.92. The van der Waals surface area contributed by atoms with E-state index in [4.69, 9.17) is 9.47 Å². The van der Waals surface area contributed by atoms with E-state index in [0.29, 0.717) is 6.42 Å². The van der Waals surface area contributed by atoms with E-state index in [1.54, 1.807) is 13.8 Å². The summed E-state index contributed by atoms with van der Waals surface area (Å²) in [6, 6.07) is 0. The third kappa shape index (κ3) is 5.50. The van der Waals surface area contributed by atoms with Crippen molar-refractivity contribution < 1.29 is 14.6 Å². The van der Waals surface area contributed by atoms with Gasteiger partial charge in [-0.3, -0.25) is 0 Å². The molecule has 1 heterocycles. The van der Waals surface area contributed by atoms with Crippen LogP contribution in [-0.4, -0.2) is 29.2 Å². The molecule has 0 aromatic carbocycles. The van der Waals surface area contributed by atoms with Gasteiger partial charge in [0, 0.05) is 13.0 Å². The first-order valence-corrected chi connectivity index (χ1v) is 5.80. The van der Waals surface area contributed by atoms with E-state index < -0.39 is 5.60 Å². The Labute approximate surface area is 92.8 Å². The maximum atomic E-state index is 9.76. The zero-order valence-corrected chi connectivity index (χ0v) is 10.4. The molecule has 1 saturated heterocycles. The topological polar surface area (TPSA) is 38.7 Å². The molecule has 0 bridgehead atoms. The summed E-state index contributed by atoms with van der Waals surface area (Å²) in [6.45, 7) is 8.41. The van der Waals surface area contributed by atoms with Crippen LogP contribution in [0.5, 0.6) is 0 Å². The molecule has 1 atom stereocenters. The fraction of sp³-hybridized carbons (Fsp3) is 1.00. The van der Waals surface area contributed by atoms with E-state index in [9.17, 15) is 5.11 Å². The minimum atomic E-state index is -0.696. The molecule has 0 aliphatic carbocycles. The van der Waals surface area contributed by atoms with Gasteiger partial charge in [-0.25, -0.2) is 0 Å². The van der Waals surface area contributed by atoms with Crippen LogP contribution in [-0.2, 0) is 9.47 Å². The van der Waals surface area contributed by atoms with Crippen LogP contribution in [0.15, 0.2) is 0 Å². The highest BCUT2D eigenvalue weighted by molar-refractivity contribution is 4.80. The average molecular weight is 216 g/mol. The fourth-order valence-electron chi connectivity index (χ4n) is 2.24. The largest absolute Gasteiger partial charge is 0.390 e. The van der Waals surface area contributed by atoms with Gasteiger partial charge in [-0.2, -0.15) is 0 Å². The first-order chi connectivity index (χ1) is 6.79. The molecule has 15 heavy (non-hydrogen) atoms. The molecule has 0 spiro atoms. The quantitative estimate of drug-likeness (QED) is 0.784. The van der Waals surface area contributed by atoms with E-state index in [1.807, 2.05) is 13.8 Å². The van der Waals surface area contributed by atoms with E-state index in [1.165, 1.54) is 6.42 Å². The Morgan fingerprint density at radius 3 is 2.40 bits per heavy atom. The van der Waals surface area contributed by atoms with Crippen molar-refractivity contribution in [3.63, 3.8) is 0 Å². The second-order valence-electron chi connectivity index (χ2n) is 5.66. The molecule has 1 N–H and O–H groups in total. The Morgan fingerprint density at radius 1 is 1.27 bits per heavy atom. The van der Waals surface area contributed by atoms with Crippen molar-refractivity contribution in [1.82, 2.24) is 0 Å². The highest BCUT2D eigenvalue weighted by Gasteiger charge is 2.31. The van der Waals surface area contributed by atoms with Gasteiger partial charge in [0.25, 0.3) is 0 Å². The van der Waals surface area contributed by atoms with Crippen molar-refractivity contribution in [2.75, 3.05) is 6.61 Å². The predicted octanol–water partition coefficient (Wildman–Crippen LogP) is 2.47. The van der Waals surface area contributed by atoms with Crippen LogP contribution in [0.25, 0.3) is 0 Å². The van der Waals surface area contributed by atoms with Crippen molar-refractivity contribution in [1.29, 1.82) is 0 Å². The third-order valence-electron chi connectivity index (χ3n) is 2.45. The lowest BCUT2D eigenvalue weighted by Gasteiger charge is -2.36. The summed E-state index contributed by atoms with van der Waals surface area (Å²) in [5, 5.41) is 9.76. The van der Waals surface area contributed by atoms with Gasteiger partial charge >= 0.3 is 0 Å². The smallest absolute Gasteiger partial charge is 0.158 e. The molecule has 3 heteroatoms. The summed E-state index contributed by atoms with van der Waals surface area (Å²) in [6.07, 6.45) is 3.79. The molecule has 0 aromatic rings. The maximum absolute atomic E-state index is 9.76. The lowest BCUT2D eigenvalue weighted by molar-refractivity contribution is -0.225. The predicted molar refractivity (Wildman–Crippen MR) is 59.7 cm³/mol. The van der Waals surface area contributed by atoms with Gasteiger partial charge in [0.2, 0.25) is 0 Å². The Kier molecular flexibility index (Phi) is 4.15. The molecule has 0 amide bonds. The third-order valence-corrected chi connectivity index (χ3v) is 2.45. The molecule has 1 fully saturated rings. The van der Waals surface area contributed by atoms with Crippen LogP contribution < -0.4 is 0 Å². The Balaban J connectivity index is 2.40. The molecular weight excluding hydrogens is 192 g/mol. The van der Waals surface area contributed by atoms with Crippen LogP contribution in [0.4, 0.5) is 0 Å². The summed E-state index contributed by atoms with van der Waals surface area (Å²) < 4.78 is 11.4. The van der Waals surface area contributed by atoms with Crippen LogP contribution in [0, 0.1) is 0 Å². The normalized spacial score (nSPS) is 24.2. The molecule has 0 radical (unpaired) electrons. The van der Waals surface area contributed by atoms with Gasteiger partial charge in [0.05, 0.1) is 11.2 Å². The molecule has 1 aliphatic rings. The molecule has 3 nitrogen and oxygen atoms in total. The Hall–Kier alpha value is -0.120. The zero-order chi connectivity index (χ0) is 11.5. The molecule has 0 saturated carbocycles. The van der Waals surface area contributed by atoms with Crippen molar-refractivity contribution >= 4 is 0 Å². The summed E-state index contributed by atoms with van der Waals surface area (Å²) in [4.78, 5) is 0. The van der Waals surface area contributed by atoms with Gasteiger partial charge in [0.15, 0.2) is 6.29 Å². The van der Waals surface area contributed by atoms with Gasteiger partial charge in [-0.15, -0.1) is 0 Å². The second kappa shape index (κ2) is 4.81. The van der Waals surface area contributed by atoms with Crippen LogP contribution in [0.3, 0.4) is 0 Å². The van der Waals surface area contributed by atoms with Crippen LogP contribution in [0.2, 0.25) is 0 Å². The van der Waals surface area contributed by atoms with Crippen molar-refractivity contribution in [3.8, 4) is 0 Å². The molecular formula is C12H24O3. The lowest BCUT2D eigenvalue weighted by Crippen LogP contribution is -2.39. The summed E-state index contributed by atoms with van der Waals surface area (Å²) in [7, 11) is 0. The minimum Gasteiger partial charge on any atom is -0.390 e. The second-order valence-corrected chi connectivity index (χ2v) is 5.66. The van der Waals surface area contributed by atoms with Crippen molar-refractivity contribution in [2.45, 2.75) is 70.9 Å². The zero-order valence-electron chi connectivity index (χ0n) is 10.4.